The van der Waals surface area contributed by atoms with Crippen LogP contribution in [0.2, 0.25) is 0 Å². The molecule has 0 saturated carbocycles. The third-order valence-electron chi connectivity index (χ3n) is 3.74. The first kappa shape index (κ1) is 16.8. The van der Waals surface area contributed by atoms with Gasteiger partial charge >= 0.3 is 0 Å². The van der Waals surface area contributed by atoms with Crippen LogP contribution in [-0.4, -0.2) is 56.3 Å². The van der Waals surface area contributed by atoms with E-state index in [2.05, 4.69) is 10.2 Å². The van der Waals surface area contributed by atoms with Gasteiger partial charge in [-0.1, -0.05) is 25.1 Å². The molecule has 1 atom stereocenters. The first-order valence-electron chi connectivity index (χ1n) is 8.09. The van der Waals surface area contributed by atoms with Gasteiger partial charge in [0.05, 0.1) is 13.2 Å². The van der Waals surface area contributed by atoms with Gasteiger partial charge in [-0.15, -0.1) is 0 Å². The van der Waals surface area contributed by atoms with Gasteiger partial charge in [0.15, 0.2) is 6.10 Å². The lowest BCUT2D eigenvalue weighted by Gasteiger charge is -2.26. The van der Waals surface area contributed by atoms with Crippen molar-refractivity contribution in [2.45, 2.75) is 25.9 Å². The van der Waals surface area contributed by atoms with E-state index in [1.165, 1.54) is 0 Å². The second-order valence-corrected chi connectivity index (χ2v) is 5.43. The molecule has 2 rings (SSSR count). The molecule has 5 heteroatoms. The van der Waals surface area contributed by atoms with Crippen LogP contribution in [0.3, 0.4) is 0 Å². The Morgan fingerprint density at radius 1 is 1.32 bits per heavy atom. The summed E-state index contributed by atoms with van der Waals surface area (Å²) in [6.45, 7) is 7.25. The van der Waals surface area contributed by atoms with Gasteiger partial charge in [0.2, 0.25) is 0 Å². The Balaban J connectivity index is 1.66. The summed E-state index contributed by atoms with van der Waals surface area (Å²) in [6, 6.07) is 9.48. The van der Waals surface area contributed by atoms with E-state index in [0.717, 1.165) is 45.0 Å². The van der Waals surface area contributed by atoms with Crippen molar-refractivity contribution < 1.29 is 14.3 Å². The molecule has 0 spiro atoms. The summed E-state index contributed by atoms with van der Waals surface area (Å²) >= 11 is 0. The number of carbonyl (C=O) groups excluding carboxylic acids is 1. The van der Waals surface area contributed by atoms with Crippen molar-refractivity contribution in [2.24, 2.45) is 0 Å². The Labute approximate surface area is 132 Å². The molecular weight excluding hydrogens is 280 g/mol. The largest absolute Gasteiger partial charge is 0.481 e. The number of nitrogens with one attached hydrogen (secondary N) is 1. The average Bonchev–Trinajstić information content (AvgIpc) is 2.58. The number of nitrogens with zero attached hydrogens (tertiary/aromatic N) is 1. The lowest BCUT2D eigenvalue weighted by molar-refractivity contribution is -0.128. The first-order valence-corrected chi connectivity index (χ1v) is 8.09. The molecule has 0 bridgehead atoms. The molecule has 1 saturated heterocycles. The maximum absolute atomic E-state index is 12.2. The number of ether oxygens (including phenoxy) is 2. The van der Waals surface area contributed by atoms with E-state index in [0.29, 0.717) is 13.0 Å². The third-order valence-corrected chi connectivity index (χ3v) is 3.74. The number of hydrogen-bond acceptors (Lipinski definition) is 4. The summed E-state index contributed by atoms with van der Waals surface area (Å²) in [5, 5.41) is 2.97. The predicted octanol–water partition coefficient (Wildman–Crippen LogP) is 1.68. The topological polar surface area (TPSA) is 50.8 Å². The molecule has 1 aromatic rings. The Hall–Kier alpha value is -1.59. The fourth-order valence-corrected chi connectivity index (χ4v) is 2.44. The molecule has 0 unspecified atom stereocenters. The Kier molecular flexibility index (Phi) is 7.19. The van der Waals surface area contributed by atoms with Crippen molar-refractivity contribution in [3.63, 3.8) is 0 Å². The Morgan fingerprint density at radius 2 is 2.05 bits per heavy atom. The van der Waals surface area contributed by atoms with Gasteiger partial charge in [-0.25, -0.2) is 0 Å². The standard InChI is InChI=1S/C17H26N2O3/c1-2-16(22-15-7-4-3-5-8-15)17(20)18-9-6-10-19-11-13-21-14-12-19/h3-5,7-8,16H,2,6,9-14H2,1H3,(H,18,20)/t16-/m0/s1. The summed E-state index contributed by atoms with van der Waals surface area (Å²) in [5.74, 6) is 0.700. The maximum Gasteiger partial charge on any atom is 0.261 e. The highest BCUT2D eigenvalue weighted by molar-refractivity contribution is 5.81. The summed E-state index contributed by atoms with van der Waals surface area (Å²) in [5.41, 5.74) is 0. The monoisotopic (exact) mass is 306 g/mol. The van der Waals surface area contributed by atoms with Crippen LogP contribution in [0.4, 0.5) is 0 Å². The second kappa shape index (κ2) is 9.43. The summed E-state index contributed by atoms with van der Waals surface area (Å²) < 4.78 is 11.1. The molecule has 1 amide bonds. The van der Waals surface area contributed by atoms with E-state index < -0.39 is 6.10 Å². The number of amides is 1. The van der Waals surface area contributed by atoms with Gasteiger partial charge in [-0.3, -0.25) is 9.69 Å². The zero-order chi connectivity index (χ0) is 15.6. The molecule has 22 heavy (non-hydrogen) atoms. The molecule has 1 heterocycles. The van der Waals surface area contributed by atoms with Crippen molar-refractivity contribution >= 4 is 5.91 Å². The highest BCUT2D eigenvalue weighted by Crippen LogP contribution is 2.12. The second-order valence-electron chi connectivity index (χ2n) is 5.43. The van der Waals surface area contributed by atoms with Crippen molar-refractivity contribution in [1.82, 2.24) is 10.2 Å². The van der Waals surface area contributed by atoms with Gasteiger partial charge in [0.1, 0.15) is 5.75 Å². The van der Waals surface area contributed by atoms with Gasteiger partial charge < -0.3 is 14.8 Å². The molecule has 0 radical (unpaired) electrons. The third kappa shape index (κ3) is 5.66. The summed E-state index contributed by atoms with van der Waals surface area (Å²) in [7, 11) is 0. The van der Waals surface area contributed by atoms with Gasteiger partial charge in [0, 0.05) is 19.6 Å². The zero-order valence-corrected chi connectivity index (χ0v) is 13.3. The SMILES string of the molecule is CC[C@H](Oc1ccccc1)C(=O)NCCCN1CCOCC1. The van der Waals surface area contributed by atoms with E-state index >= 15 is 0 Å². The molecule has 1 aromatic carbocycles. The van der Waals surface area contributed by atoms with Crippen molar-refractivity contribution in [2.75, 3.05) is 39.4 Å². The van der Waals surface area contributed by atoms with E-state index in [1.54, 1.807) is 0 Å². The maximum atomic E-state index is 12.2. The lowest BCUT2D eigenvalue weighted by Crippen LogP contribution is -2.41. The number of carbonyl (C=O) groups is 1. The molecule has 1 aliphatic rings. The minimum Gasteiger partial charge on any atom is -0.481 e. The van der Waals surface area contributed by atoms with E-state index in [4.69, 9.17) is 9.47 Å². The first-order chi connectivity index (χ1) is 10.8. The fraction of sp³-hybridized carbons (Fsp3) is 0.588. The number of morpholine rings is 1. The van der Waals surface area contributed by atoms with Crippen molar-refractivity contribution in [1.29, 1.82) is 0 Å². The molecule has 1 N–H and O–H groups in total. The average molecular weight is 306 g/mol. The van der Waals surface area contributed by atoms with Gasteiger partial charge in [0.25, 0.3) is 5.91 Å². The van der Waals surface area contributed by atoms with E-state index in [-0.39, 0.29) is 5.91 Å². The minimum absolute atomic E-state index is 0.0340. The van der Waals surface area contributed by atoms with E-state index in [9.17, 15) is 4.79 Å². The van der Waals surface area contributed by atoms with Crippen molar-refractivity contribution in [3.8, 4) is 5.75 Å². The van der Waals surface area contributed by atoms with Crippen LogP contribution in [-0.2, 0) is 9.53 Å². The van der Waals surface area contributed by atoms with Crippen molar-refractivity contribution in [3.05, 3.63) is 30.3 Å². The molecule has 0 aliphatic carbocycles. The molecule has 5 nitrogen and oxygen atoms in total. The fourth-order valence-electron chi connectivity index (χ4n) is 2.44. The molecule has 1 fully saturated rings. The van der Waals surface area contributed by atoms with Crippen LogP contribution in [0, 0.1) is 0 Å². The molecule has 0 aromatic heterocycles. The normalized spacial score (nSPS) is 17.0. The molecule has 1 aliphatic heterocycles. The van der Waals surface area contributed by atoms with E-state index in [1.807, 2.05) is 37.3 Å². The highest BCUT2D eigenvalue weighted by atomic mass is 16.5. The predicted molar refractivity (Wildman–Crippen MR) is 86.0 cm³/mol. The lowest BCUT2D eigenvalue weighted by atomic mass is 10.2. The van der Waals surface area contributed by atoms with Crippen LogP contribution in [0.25, 0.3) is 0 Å². The van der Waals surface area contributed by atoms with Crippen LogP contribution in [0.5, 0.6) is 5.75 Å². The van der Waals surface area contributed by atoms with Gasteiger partial charge in [-0.2, -0.15) is 0 Å². The Bertz CT molecular complexity index is 433. The summed E-state index contributed by atoms with van der Waals surface area (Å²) in [4.78, 5) is 14.5. The number of hydrogen-bond donors (Lipinski definition) is 1. The zero-order valence-electron chi connectivity index (χ0n) is 13.3. The summed E-state index contributed by atoms with van der Waals surface area (Å²) in [6.07, 6.45) is 1.18. The van der Waals surface area contributed by atoms with Crippen LogP contribution < -0.4 is 10.1 Å². The molecular formula is C17H26N2O3. The number of rotatable bonds is 8. The number of para-hydroxylation sites is 1. The minimum atomic E-state index is -0.425. The number of benzene rings is 1. The van der Waals surface area contributed by atoms with Crippen LogP contribution in [0.15, 0.2) is 30.3 Å². The van der Waals surface area contributed by atoms with Gasteiger partial charge in [-0.05, 0) is 31.5 Å². The highest BCUT2D eigenvalue weighted by Gasteiger charge is 2.18. The van der Waals surface area contributed by atoms with Crippen LogP contribution in [0.1, 0.15) is 19.8 Å². The van der Waals surface area contributed by atoms with Crippen LogP contribution >= 0.6 is 0 Å². The Morgan fingerprint density at radius 3 is 2.73 bits per heavy atom. The quantitative estimate of drug-likeness (QED) is 0.743. The molecule has 122 valence electrons. The smallest absolute Gasteiger partial charge is 0.261 e.